The maximum Gasteiger partial charge on any atom is 0.256 e. The number of hydrogen-bond donors (Lipinski definition) is 1. The summed E-state index contributed by atoms with van der Waals surface area (Å²) in [7, 11) is 0. The zero-order valence-corrected chi connectivity index (χ0v) is 15.9. The Morgan fingerprint density at radius 2 is 1.88 bits per heavy atom. The molecule has 0 aromatic heterocycles. The fraction of sp³-hybridized carbons (Fsp3) is 0.650. The Balaban J connectivity index is 2.13. The van der Waals surface area contributed by atoms with Crippen LogP contribution in [0.4, 0.5) is 5.69 Å². The van der Waals surface area contributed by atoms with Crippen LogP contribution in [-0.4, -0.2) is 24.7 Å². The standard InChI is InChI=1S/C20H31NO3/c1-7-24-20(6,16-8-9-16)19(22)21-17-10-14(4)18(15(5)11-17)23-12-13(2)3/h10-11,13,16H,7-9,12H2,1-6H3,(H,21,22). The lowest BCUT2D eigenvalue weighted by Gasteiger charge is -2.28. The number of carbonyl (C=O) groups excluding carboxylic acids is 1. The second kappa shape index (κ2) is 7.56. The molecule has 1 unspecified atom stereocenters. The Morgan fingerprint density at radius 1 is 1.29 bits per heavy atom. The van der Waals surface area contributed by atoms with Crippen LogP contribution in [0.2, 0.25) is 0 Å². The van der Waals surface area contributed by atoms with Gasteiger partial charge in [-0.3, -0.25) is 4.79 Å². The third-order valence-corrected chi connectivity index (χ3v) is 4.53. The number of hydrogen-bond acceptors (Lipinski definition) is 3. The van der Waals surface area contributed by atoms with Crippen LogP contribution in [0.15, 0.2) is 12.1 Å². The second-order valence-electron chi connectivity index (χ2n) is 7.41. The minimum atomic E-state index is -0.733. The van der Waals surface area contributed by atoms with Crippen LogP contribution in [0, 0.1) is 25.7 Å². The van der Waals surface area contributed by atoms with Crippen LogP contribution in [0.25, 0.3) is 0 Å². The molecule has 1 amide bonds. The molecule has 4 heteroatoms. The molecule has 0 saturated heterocycles. The minimum Gasteiger partial charge on any atom is -0.493 e. The summed E-state index contributed by atoms with van der Waals surface area (Å²) in [6, 6.07) is 3.94. The maximum absolute atomic E-state index is 12.8. The minimum absolute atomic E-state index is 0.0542. The zero-order valence-electron chi connectivity index (χ0n) is 15.9. The van der Waals surface area contributed by atoms with E-state index in [9.17, 15) is 4.79 Å². The smallest absolute Gasteiger partial charge is 0.256 e. The lowest BCUT2D eigenvalue weighted by Crippen LogP contribution is -2.44. The van der Waals surface area contributed by atoms with Crippen LogP contribution < -0.4 is 10.1 Å². The summed E-state index contributed by atoms with van der Waals surface area (Å²) in [6.07, 6.45) is 2.12. The number of benzene rings is 1. The van der Waals surface area contributed by atoms with E-state index in [2.05, 4.69) is 19.2 Å². The summed E-state index contributed by atoms with van der Waals surface area (Å²) in [5, 5.41) is 3.04. The molecular formula is C20H31NO3. The van der Waals surface area contributed by atoms with Crippen molar-refractivity contribution in [3.05, 3.63) is 23.3 Å². The fourth-order valence-electron chi connectivity index (χ4n) is 3.06. The van der Waals surface area contributed by atoms with Crippen LogP contribution >= 0.6 is 0 Å². The summed E-state index contributed by atoms with van der Waals surface area (Å²) >= 11 is 0. The molecule has 1 aromatic carbocycles. The Labute approximate surface area is 145 Å². The van der Waals surface area contributed by atoms with Crippen molar-refractivity contribution in [2.75, 3.05) is 18.5 Å². The fourth-order valence-corrected chi connectivity index (χ4v) is 3.06. The van der Waals surface area contributed by atoms with E-state index in [0.29, 0.717) is 25.0 Å². The predicted octanol–water partition coefficient (Wildman–Crippen LogP) is 4.48. The van der Waals surface area contributed by atoms with Crippen LogP contribution in [0.5, 0.6) is 5.75 Å². The number of rotatable bonds is 8. The summed E-state index contributed by atoms with van der Waals surface area (Å²) in [6.45, 7) is 13.4. The molecule has 24 heavy (non-hydrogen) atoms. The van der Waals surface area contributed by atoms with E-state index < -0.39 is 5.60 Å². The predicted molar refractivity (Wildman–Crippen MR) is 97.6 cm³/mol. The summed E-state index contributed by atoms with van der Waals surface area (Å²) < 4.78 is 11.7. The van der Waals surface area contributed by atoms with Crippen molar-refractivity contribution in [3.8, 4) is 5.75 Å². The highest BCUT2D eigenvalue weighted by Crippen LogP contribution is 2.42. The van der Waals surface area contributed by atoms with Gasteiger partial charge in [0.25, 0.3) is 5.91 Å². The highest BCUT2D eigenvalue weighted by atomic mass is 16.5. The maximum atomic E-state index is 12.8. The molecular weight excluding hydrogens is 302 g/mol. The van der Waals surface area contributed by atoms with Crippen molar-refractivity contribution < 1.29 is 14.3 Å². The van der Waals surface area contributed by atoms with Crippen molar-refractivity contribution in [1.29, 1.82) is 0 Å². The Kier molecular flexibility index (Phi) is 5.92. The molecule has 1 N–H and O–H groups in total. The zero-order chi connectivity index (χ0) is 17.9. The molecule has 0 spiro atoms. The average molecular weight is 333 g/mol. The molecule has 1 atom stereocenters. The van der Waals surface area contributed by atoms with Crippen LogP contribution in [-0.2, 0) is 9.53 Å². The summed E-state index contributed by atoms with van der Waals surface area (Å²) in [4.78, 5) is 12.8. The first-order valence-corrected chi connectivity index (χ1v) is 8.97. The van der Waals surface area contributed by atoms with Crippen molar-refractivity contribution in [3.63, 3.8) is 0 Å². The van der Waals surface area contributed by atoms with Gasteiger partial charge in [-0.1, -0.05) is 13.8 Å². The largest absolute Gasteiger partial charge is 0.493 e. The van der Waals surface area contributed by atoms with E-state index >= 15 is 0 Å². The SMILES string of the molecule is CCOC(C)(C(=O)Nc1cc(C)c(OCC(C)C)c(C)c1)C1CC1. The van der Waals surface area contributed by atoms with Gasteiger partial charge in [-0.05, 0) is 75.6 Å². The number of amides is 1. The molecule has 134 valence electrons. The Hall–Kier alpha value is -1.55. The molecule has 1 saturated carbocycles. The molecule has 2 rings (SSSR count). The van der Waals surface area contributed by atoms with Crippen molar-refractivity contribution in [2.24, 2.45) is 11.8 Å². The highest BCUT2D eigenvalue weighted by molar-refractivity contribution is 5.97. The van der Waals surface area contributed by atoms with Crippen LogP contribution in [0.1, 0.15) is 51.7 Å². The number of carbonyl (C=O) groups is 1. The normalized spacial score (nSPS) is 16.8. The number of nitrogens with one attached hydrogen (secondary N) is 1. The number of ether oxygens (including phenoxy) is 2. The van der Waals surface area contributed by atoms with Gasteiger partial charge < -0.3 is 14.8 Å². The summed E-state index contributed by atoms with van der Waals surface area (Å²) in [5.41, 5.74) is 2.15. The van der Waals surface area contributed by atoms with Gasteiger partial charge >= 0.3 is 0 Å². The van der Waals surface area contributed by atoms with Gasteiger partial charge in [-0.15, -0.1) is 0 Å². The van der Waals surface area contributed by atoms with E-state index in [0.717, 1.165) is 35.4 Å². The van der Waals surface area contributed by atoms with Gasteiger partial charge in [0.2, 0.25) is 0 Å². The van der Waals surface area contributed by atoms with Crippen molar-refractivity contribution in [1.82, 2.24) is 0 Å². The third-order valence-electron chi connectivity index (χ3n) is 4.53. The van der Waals surface area contributed by atoms with Gasteiger partial charge in [-0.2, -0.15) is 0 Å². The average Bonchev–Trinajstić information content (AvgIpc) is 3.31. The van der Waals surface area contributed by atoms with Gasteiger partial charge in [-0.25, -0.2) is 0 Å². The first kappa shape index (κ1) is 18.8. The van der Waals surface area contributed by atoms with E-state index in [1.54, 1.807) is 0 Å². The third kappa shape index (κ3) is 4.29. The molecule has 4 nitrogen and oxygen atoms in total. The molecule has 1 aromatic rings. The topological polar surface area (TPSA) is 47.6 Å². The van der Waals surface area contributed by atoms with Gasteiger partial charge in [0, 0.05) is 12.3 Å². The Bertz CT molecular complexity index is 570. The van der Waals surface area contributed by atoms with E-state index in [-0.39, 0.29) is 5.91 Å². The molecule has 1 aliphatic carbocycles. The molecule has 0 heterocycles. The molecule has 1 aliphatic rings. The quantitative estimate of drug-likeness (QED) is 0.763. The lowest BCUT2D eigenvalue weighted by molar-refractivity contribution is -0.141. The second-order valence-corrected chi connectivity index (χ2v) is 7.41. The first-order valence-electron chi connectivity index (χ1n) is 8.97. The Morgan fingerprint density at radius 3 is 2.33 bits per heavy atom. The van der Waals surface area contributed by atoms with E-state index in [1.165, 1.54) is 0 Å². The van der Waals surface area contributed by atoms with Crippen LogP contribution in [0.3, 0.4) is 0 Å². The lowest BCUT2D eigenvalue weighted by atomic mass is 9.98. The van der Waals surface area contributed by atoms with E-state index in [1.807, 2.05) is 39.8 Å². The monoisotopic (exact) mass is 333 g/mol. The molecule has 0 radical (unpaired) electrons. The number of aryl methyl sites for hydroxylation is 2. The summed E-state index contributed by atoms with van der Waals surface area (Å²) in [5.74, 6) is 1.67. The molecule has 0 aliphatic heterocycles. The first-order chi connectivity index (χ1) is 11.3. The van der Waals surface area contributed by atoms with Crippen molar-refractivity contribution >= 4 is 11.6 Å². The molecule has 1 fully saturated rings. The van der Waals surface area contributed by atoms with Gasteiger partial charge in [0.15, 0.2) is 0 Å². The van der Waals surface area contributed by atoms with Gasteiger partial charge in [0.1, 0.15) is 11.4 Å². The number of anilines is 1. The van der Waals surface area contributed by atoms with Gasteiger partial charge in [0.05, 0.1) is 6.61 Å². The highest BCUT2D eigenvalue weighted by Gasteiger charge is 2.48. The molecule has 0 bridgehead atoms. The van der Waals surface area contributed by atoms with Crippen molar-refractivity contribution in [2.45, 2.75) is 60.0 Å². The van der Waals surface area contributed by atoms with E-state index in [4.69, 9.17) is 9.47 Å².